The first-order valence-corrected chi connectivity index (χ1v) is 10.2. The number of tetrazole rings is 1. The van der Waals surface area contributed by atoms with Crippen molar-refractivity contribution < 1.29 is 4.74 Å². The van der Waals surface area contributed by atoms with Gasteiger partial charge in [0.05, 0.1) is 24.1 Å². The lowest BCUT2D eigenvalue weighted by atomic mass is 10.2. The Balaban J connectivity index is 1.52. The highest BCUT2D eigenvalue weighted by atomic mass is 32.2. The van der Waals surface area contributed by atoms with Crippen LogP contribution >= 0.6 is 23.1 Å². The van der Waals surface area contributed by atoms with E-state index in [1.54, 1.807) is 34.9 Å². The Morgan fingerprint density at radius 2 is 1.93 bits per heavy atom. The molecule has 4 aromatic rings. The number of nitrogens with zero attached hydrogens (tertiary/aromatic N) is 5. The van der Waals surface area contributed by atoms with Crippen LogP contribution < -0.4 is 4.74 Å². The average Bonchev–Trinajstić information content (AvgIpc) is 3.36. The molecule has 4 rings (SSSR count). The molecule has 27 heavy (non-hydrogen) atoms. The van der Waals surface area contributed by atoms with Crippen molar-refractivity contribution in [2.24, 2.45) is 0 Å². The molecule has 2 aromatic heterocycles. The zero-order valence-corrected chi connectivity index (χ0v) is 16.5. The molecule has 2 heterocycles. The van der Waals surface area contributed by atoms with E-state index in [0.29, 0.717) is 5.75 Å². The Hall–Kier alpha value is -2.71. The van der Waals surface area contributed by atoms with Gasteiger partial charge < -0.3 is 4.74 Å². The summed E-state index contributed by atoms with van der Waals surface area (Å²) in [5.74, 6) is 1.52. The third-order valence-electron chi connectivity index (χ3n) is 4.02. The van der Waals surface area contributed by atoms with E-state index in [0.717, 1.165) is 38.4 Å². The lowest BCUT2D eigenvalue weighted by Gasteiger charge is -2.06. The van der Waals surface area contributed by atoms with Gasteiger partial charge in [0.2, 0.25) is 5.16 Å². The monoisotopic (exact) mass is 395 g/mol. The molecule has 0 radical (unpaired) electrons. The molecule has 0 N–H and O–H groups in total. The number of aryl methyl sites for hydroxylation is 1. The van der Waals surface area contributed by atoms with E-state index < -0.39 is 0 Å². The number of thiazole rings is 1. The zero-order valence-electron chi connectivity index (χ0n) is 14.9. The molecule has 136 valence electrons. The van der Waals surface area contributed by atoms with Crippen molar-refractivity contribution in [3.8, 4) is 22.0 Å². The summed E-state index contributed by atoms with van der Waals surface area (Å²) in [5.41, 5.74) is 4.10. The minimum absolute atomic E-state index is 0.692. The summed E-state index contributed by atoms with van der Waals surface area (Å²) in [7, 11) is 1.68. The van der Waals surface area contributed by atoms with Crippen molar-refractivity contribution in [2.45, 2.75) is 17.8 Å². The van der Waals surface area contributed by atoms with Gasteiger partial charge >= 0.3 is 0 Å². The molecule has 0 aliphatic carbocycles. The first kappa shape index (κ1) is 17.7. The second kappa shape index (κ2) is 7.89. The largest absolute Gasteiger partial charge is 0.496 e. The molecular formula is C19H17N5OS2. The second-order valence-corrected chi connectivity index (χ2v) is 7.59. The van der Waals surface area contributed by atoms with Gasteiger partial charge in [-0.3, -0.25) is 0 Å². The van der Waals surface area contributed by atoms with Crippen molar-refractivity contribution in [3.05, 3.63) is 65.2 Å². The maximum absolute atomic E-state index is 5.44. The van der Waals surface area contributed by atoms with Crippen molar-refractivity contribution in [1.82, 2.24) is 25.2 Å². The minimum Gasteiger partial charge on any atom is -0.496 e. The van der Waals surface area contributed by atoms with Gasteiger partial charge in [0.15, 0.2) is 0 Å². The van der Waals surface area contributed by atoms with Crippen molar-refractivity contribution in [1.29, 1.82) is 0 Å². The van der Waals surface area contributed by atoms with Crippen LogP contribution in [-0.4, -0.2) is 32.3 Å². The van der Waals surface area contributed by atoms with Crippen LogP contribution in [0.1, 0.15) is 11.3 Å². The Bertz CT molecular complexity index is 1060. The maximum atomic E-state index is 5.44. The highest BCUT2D eigenvalue weighted by Gasteiger charge is 2.13. The molecule has 8 heteroatoms. The lowest BCUT2D eigenvalue weighted by Crippen LogP contribution is -2.01. The SMILES string of the molecule is COc1ccccc1-c1nc(CSc2nnnn2-c2ccccc2C)cs1. The van der Waals surface area contributed by atoms with E-state index >= 15 is 0 Å². The summed E-state index contributed by atoms with van der Waals surface area (Å²) in [6, 6.07) is 16.0. The average molecular weight is 396 g/mol. The Morgan fingerprint density at radius 1 is 1.11 bits per heavy atom. The molecule has 0 saturated carbocycles. The van der Waals surface area contributed by atoms with Crippen LogP contribution in [0.3, 0.4) is 0 Å². The first-order valence-electron chi connectivity index (χ1n) is 8.31. The number of rotatable bonds is 6. The number of hydrogen-bond donors (Lipinski definition) is 0. The van der Waals surface area contributed by atoms with Gasteiger partial charge in [-0.25, -0.2) is 4.98 Å². The van der Waals surface area contributed by atoms with Gasteiger partial charge in [-0.05, 0) is 41.1 Å². The number of hydrogen-bond acceptors (Lipinski definition) is 7. The lowest BCUT2D eigenvalue weighted by molar-refractivity contribution is 0.416. The highest BCUT2D eigenvalue weighted by Crippen LogP contribution is 2.33. The molecule has 0 atom stereocenters. The van der Waals surface area contributed by atoms with Gasteiger partial charge in [-0.15, -0.1) is 16.4 Å². The minimum atomic E-state index is 0.692. The number of ether oxygens (including phenoxy) is 1. The fourth-order valence-corrected chi connectivity index (χ4v) is 4.41. The summed E-state index contributed by atoms with van der Waals surface area (Å²) < 4.78 is 7.21. The predicted octanol–water partition coefficient (Wildman–Crippen LogP) is 4.40. The number of thioether (sulfide) groups is 1. The number of methoxy groups -OCH3 is 1. The predicted molar refractivity (Wildman–Crippen MR) is 108 cm³/mol. The molecule has 0 bridgehead atoms. The molecular weight excluding hydrogens is 378 g/mol. The standard InChI is InChI=1S/C19H17N5OS2/c1-13-7-3-5-9-16(13)24-19(21-22-23-24)27-12-14-11-26-18(20-14)15-8-4-6-10-17(15)25-2/h3-11H,12H2,1-2H3. The summed E-state index contributed by atoms with van der Waals surface area (Å²) in [5, 5.41) is 15.9. The van der Waals surface area contributed by atoms with E-state index in [1.165, 1.54) is 0 Å². The topological polar surface area (TPSA) is 65.7 Å². The van der Waals surface area contributed by atoms with Gasteiger partial charge in [0, 0.05) is 11.1 Å². The molecule has 0 aliphatic heterocycles. The zero-order chi connectivity index (χ0) is 18.6. The van der Waals surface area contributed by atoms with Gasteiger partial charge in [0.1, 0.15) is 10.8 Å². The molecule has 0 fully saturated rings. The second-order valence-electron chi connectivity index (χ2n) is 5.79. The third kappa shape index (κ3) is 3.72. The highest BCUT2D eigenvalue weighted by molar-refractivity contribution is 7.98. The summed E-state index contributed by atoms with van der Waals surface area (Å²) in [6.07, 6.45) is 0. The van der Waals surface area contributed by atoms with Crippen LogP contribution in [0, 0.1) is 6.92 Å². The maximum Gasteiger partial charge on any atom is 0.214 e. The van der Waals surface area contributed by atoms with Crippen LogP contribution in [0.2, 0.25) is 0 Å². The molecule has 6 nitrogen and oxygen atoms in total. The normalized spacial score (nSPS) is 10.9. The fraction of sp³-hybridized carbons (Fsp3) is 0.158. The smallest absolute Gasteiger partial charge is 0.214 e. The van der Waals surface area contributed by atoms with Gasteiger partial charge in [0.25, 0.3) is 0 Å². The summed E-state index contributed by atoms with van der Waals surface area (Å²) in [6.45, 7) is 2.05. The Labute approximate surface area is 165 Å². The molecule has 2 aromatic carbocycles. The van der Waals surface area contributed by atoms with Gasteiger partial charge in [-0.2, -0.15) is 4.68 Å². The third-order valence-corrected chi connectivity index (χ3v) is 5.90. The summed E-state index contributed by atoms with van der Waals surface area (Å²) in [4.78, 5) is 4.75. The van der Waals surface area contributed by atoms with E-state index in [4.69, 9.17) is 9.72 Å². The number of benzene rings is 2. The van der Waals surface area contributed by atoms with E-state index in [1.807, 2.05) is 55.5 Å². The number of aromatic nitrogens is 5. The molecule has 0 saturated heterocycles. The van der Waals surface area contributed by atoms with E-state index in [-0.39, 0.29) is 0 Å². The summed E-state index contributed by atoms with van der Waals surface area (Å²) >= 11 is 3.18. The first-order chi connectivity index (χ1) is 13.3. The van der Waals surface area contributed by atoms with E-state index in [2.05, 4.69) is 20.9 Å². The van der Waals surface area contributed by atoms with Crippen molar-refractivity contribution in [2.75, 3.05) is 7.11 Å². The van der Waals surface area contributed by atoms with Crippen LogP contribution in [0.25, 0.3) is 16.3 Å². The van der Waals surface area contributed by atoms with Crippen LogP contribution in [0.15, 0.2) is 59.1 Å². The Morgan fingerprint density at radius 3 is 2.78 bits per heavy atom. The van der Waals surface area contributed by atoms with Crippen LogP contribution in [-0.2, 0) is 5.75 Å². The van der Waals surface area contributed by atoms with Crippen LogP contribution in [0.5, 0.6) is 5.75 Å². The number of para-hydroxylation sites is 2. The van der Waals surface area contributed by atoms with Crippen LogP contribution in [0.4, 0.5) is 0 Å². The molecule has 0 spiro atoms. The molecule has 0 aliphatic rings. The molecule has 0 unspecified atom stereocenters. The van der Waals surface area contributed by atoms with E-state index in [9.17, 15) is 0 Å². The van der Waals surface area contributed by atoms with Gasteiger partial charge in [-0.1, -0.05) is 42.1 Å². The Kier molecular flexibility index (Phi) is 5.17. The fourth-order valence-electron chi connectivity index (χ4n) is 2.68. The molecule has 0 amide bonds. The quantitative estimate of drug-likeness (QED) is 0.451. The van der Waals surface area contributed by atoms with Crippen molar-refractivity contribution in [3.63, 3.8) is 0 Å². The van der Waals surface area contributed by atoms with Crippen molar-refractivity contribution >= 4 is 23.1 Å².